The van der Waals surface area contributed by atoms with Crippen molar-refractivity contribution in [2.75, 3.05) is 26.4 Å². The van der Waals surface area contributed by atoms with Crippen molar-refractivity contribution in [2.24, 2.45) is 0 Å². The highest BCUT2D eigenvalue weighted by atomic mass is 16.6. The van der Waals surface area contributed by atoms with Gasteiger partial charge >= 0.3 is 5.88 Å². The first kappa shape index (κ1) is 19.4. The number of hydrogen-bond donors (Lipinski definition) is 1. The standard InChI is InChI=1S/C19H24N2O5/c1-3-24-16-9-8-15(13-17(16)25-4-2)10-11-20-18(22)14-26-19-7-5-6-12-21(19)23/h5-9,12-13H,3-4,10-11,14H2,1-2H3,(H,20,22). The van der Waals surface area contributed by atoms with Gasteiger partial charge < -0.3 is 24.7 Å². The smallest absolute Gasteiger partial charge is 0.379 e. The lowest BCUT2D eigenvalue weighted by atomic mass is 10.1. The molecule has 0 bridgehead atoms. The number of pyridine rings is 1. The number of benzene rings is 1. The van der Waals surface area contributed by atoms with E-state index in [9.17, 15) is 10.0 Å². The van der Waals surface area contributed by atoms with Crippen LogP contribution in [0.3, 0.4) is 0 Å². The quantitative estimate of drug-likeness (QED) is 0.516. The molecule has 0 radical (unpaired) electrons. The van der Waals surface area contributed by atoms with Crippen LogP contribution in [0.2, 0.25) is 0 Å². The molecule has 0 atom stereocenters. The summed E-state index contributed by atoms with van der Waals surface area (Å²) in [6, 6.07) is 10.5. The molecule has 7 nitrogen and oxygen atoms in total. The highest BCUT2D eigenvalue weighted by molar-refractivity contribution is 5.77. The van der Waals surface area contributed by atoms with E-state index in [4.69, 9.17) is 14.2 Å². The molecule has 140 valence electrons. The molecule has 0 aliphatic rings. The summed E-state index contributed by atoms with van der Waals surface area (Å²) in [6.07, 6.45) is 1.96. The fourth-order valence-corrected chi connectivity index (χ4v) is 2.31. The van der Waals surface area contributed by atoms with E-state index in [1.54, 1.807) is 12.1 Å². The average molecular weight is 360 g/mol. The van der Waals surface area contributed by atoms with Gasteiger partial charge in [-0.25, -0.2) is 0 Å². The maximum absolute atomic E-state index is 11.8. The predicted octanol–water partition coefficient (Wildman–Crippen LogP) is 1.86. The largest absolute Gasteiger partial charge is 0.616 e. The first-order chi connectivity index (χ1) is 12.6. The summed E-state index contributed by atoms with van der Waals surface area (Å²) in [6.45, 7) is 5.21. The van der Waals surface area contributed by atoms with Gasteiger partial charge in [-0.1, -0.05) is 6.07 Å². The maximum atomic E-state index is 11.8. The third-order valence-electron chi connectivity index (χ3n) is 3.48. The molecule has 1 amide bonds. The van der Waals surface area contributed by atoms with Crippen molar-refractivity contribution in [3.63, 3.8) is 0 Å². The van der Waals surface area contributed by atoms with Crippen molar-refractivity contribution in [3.05, 3.63) is 53.4 Å². The molecule has 0 aliphatic carbocycles. The number of nitrogens with one attached hydrogen (secondary N) is 1. The van der Waals surface area contributed by atoms with Crippen LogP contribution in [0, 0.1) is 5.21 Å². The van der Waals surface area contributed by atoms with Crippen LogP contribution in [0.5, 0.6) is 17.4 Å². The Balaban J connectivity index is 1.80. The average Bonchev–Trinajstić information content (AvgIpc) is 2.63. The zero-order chi connectivity index (χ0) is 18.8. The molecule has 2 rings (SSSR count). The van der Waals surface area contributed by atoms with Gasteiger partial charge in [-0.2, -0.15) is 0 Å². The van der Waals surface area contributed by atoms with Crippen LogP contribution in [0.25, 0.3) is 0 Å². The Morgan fingerprint density at radius 1 is 1.08 bits per heavy atom. The van der Waals surface area contributed by atoms with Crippen molar-refractivity contribution in [1.29, 1.82) is 0 Å². The van der Waals surface area contributed by atoms with Crippen molar-refractivity contribution in [3.8, 4) is 17.4 Å². The Morgan fingerprint density at radius 2 is 1.85 bits per heavy atom. The van der Waals surface area contributed by atoms with Gasteiger partial charge in [0.25, 0.3) is 5.91 Å². The Morgan fingerprint density at radius 3 is 2.58 bits per heavy atom. The van der Waals surface area contributed by atoms with E-state index in [0.29, 0.717) is 42.4 Å². The summed E-state index contributed by atoms with van der Waals surface area (Å²) in [5.41, 5.74) is 1.03. The van der Waals surface area contributed by atoms with E-state index >= 15 is 0 Å². The van der Waals surface area contributed by atoms with Gasteiger partial charge in [0.1, 0.15) is 0 Å². The predicted molar refractivity (Wildman–Crippen MR) is 96.4 cm³/mol. The van der Waals surface area contributed by atoms with E-state index in [1.165, 1.54) is 12.3 Å². The minimum Gasteiger partial charge on any atom is -0.616 e. The van der Waals surface area contributed by atoms with E-state index < -0.39 is 0 Å². The Bertz CT molecular complexity index is 721. The molecule has 0 aliphatic heterocycles. The number of amides is 1. The molecule has 1 heterocycles. The van der Waals surface area contributed by atoms with Crippen molar-refractivity contribution >= 4 is 5.91 Å². The SMILES string of the molecule is CCOc1ccc(CCNC(=O)COc2cccc[n+]2[O-])cc1OCC. The summed E-state index contributed by atoms with van der Waals surface area (Å²) in [5.74, 6) is 1.22. The van der Waals surface area contributed by atoms with Crippen LogP contribution in [-0.4, -0.2) is 32.3 Å². The van der Waals surface area contributed by atoms with Gasteiger partial charge in [0.05, 0.1) is 19.3 Å². The van der Waals surface area contributed by atoms with Crippen molar-refractivity contribution < 1.29 is 23.7 Å². The minimum absolute atomic E-state index is 0.0931. The van der Waals surface area contributed by atoms with Gasteiger partial charge in [-0.15, -0.1) is 4.73 Å². The maximum Gasteiger partial charge on any atom is 0.379 e. The number of hydrogen-bond acceptors (Lipinski definition) is 5. The van der Waals surface area contributed by atoms with Gasteiger partial charge in [0.15, 0.2) is 24.3 Å². The molecule has 26 heavy (non-hydrogen) atoms. The van der Waals surface area contributed by atoms with Gasteiger partial charge in [0, 0.05) is 12.6 Å². The minimum atomic E-state index is -0.287. The number of rotatable bonds is 10. The monoisotopic (exact) mass is 360 g/mol. The third-order valence-corrected chi connectivity index (χ3v) is 3.48. The van der Waals surface area contributed by atoms with Crippen LogP contribution in [0.15, 0.2) is 42.6 Å². The molecule has 0 fully saturated rings. The third kappa shape index (κ3) is 5.84. The summed E-state index contributed by atoms with van der Waals surface area (Å²) in [5, 5.41) is 14.2. The summed E-state index contributed by atoms with van der Waals surface area (Å²) in [7, 11) is 0. The first-order valence-electron chi connectivity index (χ1n) is 8.60. The van der Waals surface area contributed by atoms with E-state index in [0.717, 1.165) is 5.56 Å². The lowest BCUT2D eigenvalue weighted by Crippen LogP contribution is -2.34. The first-order valence-corrected chi connectivity index (χ1v) is 8.60. The Kier molecular flexibility index (Phi) is 7.54. The van der Waals surface area contributed by atoms with Crippen LogP contribution in [0.4, 0.5) is 0 Å². The van der Waals surface area contributed by atoms with E-state index in [-0.39, 0.29) is 18.4 Å². The molecule has 7 heteroatoms. The van der Waals surface area contributed by atoms with Gasteiger partial charge in [0.2, 0.25) is 0 Å². The number of nitrogens with zero attached hydrogens (tertiary/aromatic N) is 1. The molecule has 1 N–H and O–H groups in total. The number of aromatic nitrogens is 1. The van der Waals surface area contributed by atoms with Crippen LogP contribution in [-0.2, 0) is 11.2 Å². The van der Waals surface area contributed by atoms with Crippen molar-refractivity contribution in [1.82, 2.24) is 5.32 Å². The highest BCUT2D eigenvalue weighted by Crippen LogP contribution is 2.28. The second-order valence-electron chi connectivity index (χ2n) is 5.40. The molecule has 1 aromatic heterocycles. The van der Waals surface area contributed by atoms with Gasteiger partial charge in [-0.05, 0) is 44.0 Å². The van der Waals surface area contributed by atoms with Crippen LogP contribution in [0.1, 0.15) is 19.4 Å². The zero-order valence-electron chi connectivity index (χ0n) is 15.1. The Hall–Kier alpha value is -2.96. The fraction of sp³-hybridized carbons (Fsp3) is 0.368. The summed E-state index contributed by atoms with van der Waals surface area (Å²) in [4.78, 5) is 11.8. The second kappa shape index (κ2) is 10.1. The molecule has 0 spiro atoms. The van der Waals surface area contributed by atoms with Crippen molar-refractivity contribution in [2.45, 2.75) is 20.3 Å². The zero-order valence-corrected chi connectivity index (χ0v) is 15.1. The topological polar surface area (TPSA) is 83.7 Å². The summed E-state index contributed by atoms with van der Waals surface area (Å²) < 4.78 is 16.9. The van der Waals surface area contributed by atoms with Crippen LogP contribution >= 0.6 is 0 Å². The molecular weight excluding hydrogens is 336 g/mol. The molecule has 0 saturated carbocycles. The molecular formula is C19H24N2O5. The molecule has 0 saturated heterocycles. The lowest BCUT2D eigenvalue weighted by molar-refractivity contribution is -0.612. The molecule has 2 aromatic rings. The summed E-state index contributed by atoms with van der Waals surface area (Å²) >= 11 is 0. The van der Waals surface area contributed by atoms with Crippen LogP contribution < -0.4 is 24.3 Å². The normalized spacial score (nSPS) is 10.2. The molecule has 1 aromatic carbocycles. The van der Waals surface area contributed by atoms with E-state index in [1.807, 2.05) is 32.0 Å². The fourth-order valence-electron chi connectivity index (χ4n) is 2.31. The molecule has 0 unspecified atom stereocenters. The second-order valence-corrected chi connectivity index (χ2v) is 5.40. The lowest BCUT2D eigenvalue weighted by Gasteiger charge is -2.12. The number of ether oxygens (including phenoxy) is 3. The Labute approximate surface area is 153 Å². The van der Waals surface area contributed by atoms with Gasteiger partial charge in [-0.3, -0.25) is 4.79 Å². The number of carbonyl (C=O) groups excluding carboxylic acids is 1. The van der Waals surface area contributed by atoms with E-state index in [2.05, 4.69) is 5.32 Å². The number of carbonyl (C=O) groups is 1. The highest BCUT2D eigenvalue weighted by Gasteiger charge is 2.09.